The van der Waals surface area contributed by atoms with Crippen molar-refractivity contribution in [1.29, 1.82) is 0 Å². The molecule has 0 saturated heterocycles. The van der Waals surface area contributed by atoms with Crippen LogP contribution < -0.4 is 5.73 Å². The molecule has 194 valence electrons. The van der Waals surface area contributed by atoms with Gasteiger partial charge in [0.05, 0.1) is 5.92 Å². The predicted molar refractivity (Wildman–Crippen MR) is 147 cm³/mol. The van der Waals surface area contributed by atoms with Crippen molar-refractivity contribution < 1.29 is 19.4 Å². The van der Waals surface area contributed by atoms with Crippen LogP contribution in [0.4, 0.5) is 0 Å². The van der Waals surface area contributed by atoms with Gasteiger partial charge in [-0.15, -0.1) is 0 Å². The molecule has 0 heterocycles. The lowest BCUT2D eigenvalue weighted by Gasteiger charge is -2.35. The van der Waals surface area contributed by atoms with Crippen LogP contribution in [-0.4, -0.2) is 34.2 Å². The molecule has 4 aromatic rings. The number of aliphatic hydroxyl groups excluding tert-OH is 1. The molecule has 6 nitrogen and oxygen atoms in total. The largest absolute Gasteiger partial charge is 0.461 e. The molecule has 3 N–H and O–H groups in total. The van der Waals surface area contributed by atoms with Gasteiger partial charge in [0, 0.05) is 12.1 Å². The second kappa shape index (κ2) is 13.3. The van der Waals surface area contributed by atoms with Gasteiger partial charge in [0.2, 0.25) is 0 Å². The zero-order valence-corrected chi connectivity index (χ0v) is 21.1. The van der Waals surface area contributed by atoms with Crippen LogP contribution >= 0.6 is 0 Å². The number of esters is 1. The summed E-state index contributed by atoms with van der Waals surface area (Å²) in [6.07, 6.45) is -2.34. The summed E-state index contributed by atoms with van der Waals surface area (Å²) in [6, 6.07) is 36.9. The third kappa shape index (κ3) is 7.16. The number of carbonyl (C=O) groups excluding carboxylic acids is 2. The molecule has 0 radical (unpaired) electrons. The van der Waals surface area contributed by atoms with Gasteiger partial charge < -0.3 is 20.5 Å². The number of ether oxygens (including phenoxy) is 1. The minimum Gasteiger partial charge on any atom is -0.461 e. The number of aliphatic hydroxyl groups is 1. The summed E-state index contributed by atoms with van der Waals surface area (Å²) >= 11 is 0. The maximum Gasteiger partial charge on any atom is 0.312 e. The summed E-state index contributed by atoms with van der Waals surface area (Å²) < 4.78 is 5.62. The van der Waals surface area contributed by atoms with Crippen LogP contribution in [0, 0.1) is 5.92 Å². The Balaban J connectivity index is 1.60. The van der Waals surface area contributed by atoms with Crippen LogP contribution in [0.2, 0.25) is 0 Å². The Morgan fingerprint density at radius 2 is 1.18 bits per heavy atom. The Morgan fingerprint density at radius 1 is 0.711 bits per heavy atom. The van der Waals surface area contributed by atoms with Crippen LogP contribution in [0.1, 0.15) is 27.0 Å². The minimum absolute atomic E-state index is 0.0730. The van der Waals surface area contributed by atoms with E-state index in [1.165, 1.54) is 4.90 Å². The predicted octanol–water partition coefficient (Wildman–Crippen LogP) is 4.58. The molecule has 3 atom stereocenters. The summed E-state index contributed by atoms with van der Waals surface area (Å²) in [6.45, 7) is 0.244. The fourth-order valence-corrected chi connectivity index (χ4v) is 4.31. The number of rotatable bonds is 11. The first kappa shape index (κ1) is 26.8. The van der Waals surface area contributed by atoms with Crippen molar-refractivity contribution in [2.75, 3.05) is 0 Å². The molecule has 0 saturated carbocycles. The molecule has 4 rings (SSSR count). The molecular formula is C32H32N2O4. The summed E-state index contributed by atoms with van der Waals surface area (Å²) in [5.74, 6) is -1.90. The molecule has 0 aromatic heterocycles. The van der Waals surface area contributed by atoms with Gasteiger partial charge in [0.1, 0.15) is 18.9 Å². The molecule has 0 bridgehead atoms. The van der Waals surface area contributed by atoms with Crippen LogP contribution in [0.5, 0.6) is 0 Å². The number of nitrogens with zero attached hydrogens (tertiary/aromatic N) is 1. The van der Waals surface area contributed by atoms with E-state index in [4.69, 9.17) is 10.5 Å². The maximum atomic E-state index is 13.6. The molecule has 38 heavy (non-hydrogen) atoms. The zero-order valence-electron chi connectivity index (χ0n) is 21.1. The van der Waals surface area contributed by atoms with Crippen LogP contribution in [0.3, 0.4) is 0 Å². The van der Waals surface area contributed by atoms with E-state index in [9.17, 15) is 14.7 Å². The Bertz CT molecular complexity index is 1280. The van der Waals surface area contributed by atoms with E-state index < -0.39 is 24.2 Å². The second-order valence-corrected chi connectivity index (χ2v) is 9.16. The summed E-state index contributed by atoms with van der Waals surface area (Å²) in [7, 11) is 0. The van der Waals surface area contributed by atoms with Gasteiger partial charge in [-0.3, -0.25) is 9.59 Å². The molecule has 0 spiro atoms. The lowest BCUT2D eigenvalue weighted by atomic mass is 9.91. The van der Waals surface area contributed by atoms with E-state index in [-0.39, 0.29) is 25.5 Å². The van der Waals surface area contributed by atoms with Crippen molar-refractivity contribution in [3.05, 3.63) is 144 Å². The smallest absolute Gasteiger partial charge is 0.312 e. The van der Waals surface area contributed by atoms with E-state index in [2.05, 4.69) is 0 Å². The Labute approximate surface area is 223 Å². The average Bonchev–Trinajstić information content (AvgIpc) is 2.98. The van der Waals surface area contributed by atoms with Crippen molar-refractivity contribution in [3.63, 3.8) is 0 Å². The van der Waals surface area contributed by atoms with E-state index >= 15 is 0 Å². The molecular weight excluding hydrogens is 476 g/mol. The number of hydrogen-bond donors (Lipinski definition) is 2. The van der Waals surface area contributed by atoms with Crippen molar-refractivity contribution in [3.8, 4) is 0 Å². The molecule has 1 amide bonds. The molecule has 4 aromatic carbocycles. The lowest BCUT2D eigenvalue weighted by molar-refractivity contribution is -0.155. The first-order valence-corrected chi connectivity index (χ1v) is 12.6. The van der Waals surface area contributed by atoms with Gasteiger partial charge in [-0.05, 0) is 35.2 Å². The Kier molecular flexibility index (Phi) is 9.40. The van der Waals surface area contributed by atoms with E-state index in [0.29, 0.717) is 5.56 Å². The minimum atomic E-state index is -1.38. The lowest BCUT2D eigenvalue weighted by Crippen LogP contribution is -2.56. The number of nitrogens with two attached hydrogens (primary N) is 1. The highest BCUT2D eigenvalue weighted by molar-refractivity contribution is 5.94. The molecule has 1 unspecified atom stereocenters. The monoisotopic (exact) mass is 508 g/mol. The van der Waals surface area contributed by atoms with E-state index in [0.717, 1.165) is 16.7 Å². The molecule has 0 aliphatic heterocycles. The molecule has 0 aliphatic carbocycles. The third-order valence-corrected chi connectivity index (χ3v) is 6.42. The van der Waals surface area contributed by atoms with Crippen molar-refractivity contribution in [1.82, 2.24) is 4.90 Å². The van der Waals surface area contributed by atoms with E-state index in [1.54, 1.807) is 24.3 Å². The van der Waals surface area contributed by atoms with Crippen LogP contribution in [0.25, 0.3) is 0 Å². The number of hydrogen-bond acceptors (Lipinski definition) is 5. The molecule has 6 heteroatoms. The average molecular weight is 509 g/mol. The fraction of sp³-hybridized carbons (Fsp3) is 0.188. The van der Waals surface area contributed by atoms with Gasteiger partial charge >= 0.3 is 5.97 Å². The van der Waals surface area contributed by atoms with Gasteiger partial charge in [-0.2, -0.15) is 0 Å². The van der Waals surface area contributed by atoms with Crippen molar-refractivity contribution >= 4 is 11.9 Å². The van der Waals surface area contributed by atoms with Gasteiger partial charge in [-0.25, -0.2) is 0 Å². The van der Waals surface area contributed by atoms with Gasteiger partial charge in [0.25, 0.3) is 5.91 Å². The van der Waals surface area contributed by atoms with Crippen LogP contribution in [0.15, 0.2) is 121 Å². The van der Waals surface area contributed by atoms with Crippen molar-refractivity contribution in [2.45, 2.75) is 31.8 Å². The second-order valence-electron chi connectivity index (χ2n) is 9.16. The first-order valence-electron chi connectivity index (χ1n) is 12.6. The maximum absolute atomic E-state index is 13.6. The first-order chi connectivity index (χ1) is 18.5. The highest BCUT2D eigenvalue weighted by Crippen LogP contribution is 2.22. The SMILES string of the molecule is NC([C@H](O)[C@H](Cc1ccccc1)C(=O)OCc1ccccc1)N(Cc1ccccc1)C(=O)c1ccccc1. The topological polar surface area (TPSA) is 92.9 Å². The number of benzene rings is 4. The fourth-order valence-electron chi connectivity index (χ4n) is 4.31. The highest BCUT2D eigenvalue weighted by Gasteiger charge is 2.37. The Hall–Kier alpha value is -4.26. The number of carbonyl (C=O) groups is 2. The van der Waals surface area contributed by atoms with E-state index in [1.807, 2.05) is 97.1 Å². The highest BCUT2D eigenvalue weighted by atomic mass is 16.5. The standard InChI is InChI=1S/C32H32N2O4/c33-30(34(22-25-15-7-2-8-16-25)31(36)27-19-11-4-12-20-27)29(35)28(21-24-13-5-1-6-14-24)32(37)38-23-26-17-9-3-10-18-26/h1-20,28-30,35H,21-23,33H2/t28-,29+,30?/m0/s1. The zero-order chi connectivity index (χ0) is 26.7. The number of amides is 1. The molecule has 0 fully saturated rings. The van der Waals surface area contributed by atoms with Gasteiger partial charge in [0.15, 0.2) is 0 Å². The summed E-state index contributed by atoms with van der Waals surface area (Å²) in [5, 5.41) is 11.5. The van der Waals surface area contributed by atoms with Crippen LogP contribution in [-0.2, 0) is 29.1 Å². The Morgan fingerprint density at radius 3 is 1.74 bits per heavy atom. The normalized spacial score (nSPS) is 13.2. The summed E-state index contributed by atoms with van der Waals surface area (Å²) in [5.41, 5.74) is 9.58. The summed E-state index contributed by atoms with van der Waals surface area (Å²) in [4.78, 5) is 28.3. The van der Waals surface area contributed by atoms with Gasteiger partial charge in [-0.1, -0.05) is 109 Å². The van der Waals surface area contributed by atoms with Crippen molar-refractivity contribution in [2.24, 2.45) is 11.7 Å². The quantitative estimate of drug-likeness (QED) is 0.229. The molecule has 0 aliphatic rings. The third-order valence-electron chi connectivity index (χ3n) is 6.42.